The van der Waals surface area contributed by atoms with Crippen molar-refractivity contribution in [3.63, 3.8) is 0 Å². The Kier molecular flexibility index (Phi) is 4.22. The number of azo groups is 1. The number of nitrogens with one attached hydrogen (secondary N) is 1. The number of likely N-dealkylation sites (tertiary alicyclic amines) is 1. The summed E-state index contributed by atoms with van der Waals surface area (Å²) in [7, 11) is 0. The molecule has 21 heavy (non-hydrogen) atoms. The number of esters is 1. The molecule has 0 saturated carbocycles. The maximum atomic E-state index is 12.3. The standard InChI is InChI=1S/C12H17F3N4O2/c1-8-6-19(7-8)4-3-16-9-5-17-18-11(9,2)21-10(20)12(13,14)15/h5,8,16H,3-4,6-7H2,1-2H3. The molecule has 2 rings (SSSR count). The molecule has 1 N–H and O–H groups in total. The number of halogens is 3. The van der Waals surface area contributed by atoms with Crippen molar-refractivity contribution in [2.24, 2.45) is 16.1 Å². The summed E-state index contributed by atoms with van der Waals surface area (Å²) in [5.41, 5.74) is -1.50. The van der Waals surface area contributed by atoms with Crippen LogP contribution in [0.5, 0.6) is 0 Å². The molecule has 0 amide bonds. The summed E-state index contributed by atoms with van der Waals surface area (Å²) in [5, 5.41) is 10.0. The van der Waals surface area contributed by atoms with Gasteiger partial charge in [-0.3, -0.25) is 0 Å². The Morgan fingerprint density at radius 1 is 1.57 bits per heavy atom. The van der Waals surface area contributed by atoms with Crippen LogP contribution in [0.2, 0.25) is 0 Å². The Balaban J connectivity index is 1.83. The SMILES string of the molecule is CC1CN(CCNC2=CN=NC2(C)OC(=O)C(F)(F)F)C1. The third-order valence-electron chi connectivity index (χ3n) is 3.34. The van der Waals surface area contributed by atoms with Crippen molar-refractivity contribution in [1.82, 2.24) is 10.2 Å². The van der Waals surface area contributed by atoms with E-state index in [1.54, 1.807) is 0 Å². The second-order valence-electron chi connectivity index (χ2n) is 5.42. The molecule has 1 fully saturated rings. The van der Waals surface area contributed by atoms with Crippen LogP contribution in [0.3, 0.4) is 0 Å². The van der Waals surface area contributed by atoms with Crippen molar-refractivity contribution < 1.29 is 22.7 Å². The molecule has 6 nitrogen and oxygen atoms in total. The molecule has 0 aromatic carbocycles. The summed E-state index contributed by atoms with van der Waals surface area (Å²) in [6.07, 6.45) is -3.79. The maximum Gasteiger partial charge on any atom is 0.491 e. The van der Waals surface area contributed by atoms with E-state index in [2.05, 4.69) is 32.1 Å². The minimum Gasteiger partial charge on any atom is -0.423 e. The summed E-state index contributed by atoms with van der Waals surface area (Å²) >= 11 is 0. The summed E-state index contributed by atoms with van der Waals surface area (Å²) in [4.78, 5) is 13.1. The van der Waals surface area contributed by atoms with E-state index in [1.165, 1.54) is 13.1 Å². The van der Waals surface area contributed by atoms with Crippen molar-refractivity contribution in [3.8, 4) is 0 Å². The fraction of sp³-hybridized carbons (Fsp3) is 0.750. The van der Waals surface area contributed by atoms with Gasteiger partial charge in [0, 0.05) is 33.1 Å². The van der Waals surface area contributed by atoms with Crippen LogP contribution >= 0.6 is 0 Å². The summed E-state index contributed by atoms with van der Waals surface area (Å²) in [5.74, 6) is -1.60. The largest absolute Gasteiger partial charge is 0.491 e. The van der Waals surface area contributed by atoms with Gasteiger partial charge in [-0.05, 0) is 5.92 Å². The van der Waals surface area contributed by atoms with Crippen LogP contribution in [-0.4, -0.2) is 48.9 Å². The van der Waals surface area contributed by atoms with E-state index < -0.39 is 17.9 Å². The zero-order valence-corrected chi connectivity index (χ0v) is 11.8. The first-order valence-electron chi connectivity index (χ1n) is 6.60. The number of hydrogen-bond acceptors (Lipinski definition) is 6. The molecule has 0 aliphatic carbocycles. The molecule has 118 valence electrons. The molecule has 0 bridgehead atoms. The van der Waals surface area contributed by atoms with Gasteiger partial charge in [-0.2, -0.15) is 18.3 Å². The Morgan fingerprint density at radius 3 is 2.81 bits per heavy atom. The van der Waals surface area contributed by atoms with Gasteiger partial charge in [0.2, 0.25) is 0 Å². The van der Waals surface area contributed by atoms with Gasteiger partial charge in [0.25, 0.3) is 5.72 Å². The highest BCUT2D eigenvalue weighted by Crippen LogP contribution is 2.30. The average molecular weight is 306 g/mol. The van der Waals surface area contributed by atoms with Gasteiger partial charge < -0.3 is 15.0 Å². The van der Waals surface area contributed by atoms with Gasteiger partial charge >= 0.3 is 12.1 Å². The third kappa shape index (κ3) is 3.72. The van der Waals surface area contributed by atoms with Crippen LogP contribution in [-0.2, 0) is 9.53 Å². The van der Waals surface area contributed by atoms with Crippen molar-refractivity contribution in [1.29, 1.82) is 0 Å². The highest BCUT2D eigenvalue weighted by Gasteiger charge is 2.47. The first kappa shape index (κ1) is 15.7. The molecule has 9 heteroatoms. The predicted molar refractivity (Wildman–Crippen MR) is 67.1 cm³/mol. The van der Waals surface area contributed by atoms with Gasteiger partial charge in [0.15, 0.2) is 0 Å². The van der Waals surface area contributed by atoms with Crippen LogP contribution in [0, 0.1) is 5.92 Å². The van der Waals surface area contributed by atoms with E-state index >= 15 is 0 Å². The smallest absolute Gasteiger partial charge is 0.423 e. The molecule has 0 radical (unpaired) electrons. The molecular weight excluding hydrogens is 289 g/mol. The Hall–Kier alpha value is -1.64. The summed E-state index contributed by atoms with van der Waals surface area (Å²) < 4.78 is 41.2. The first-order valence-corrected chi connectivity index (χ1v) is 6.60. The predicted octanol–water partition coefficient (Wildman–Crippen LogP) is 1.66. The van der Waals surface area contributed by atoms with Crippen LogP contribution in [0.25, 0.3) is 0 Å². The number of rotatable bonds is 5. The van der Waals surface area contributed by atoms with E-state index in [0.717, 1.165) is 19.6 Å². The van der Waals surface area contributed by atoms with Gasteiger partial charge in [-0.15, -0.1) is 5.11 Å². The number of nitrogens with zero attached hydrogens (tertiary/aromatic N) is 3. The summed E-state index contributed by atoms with van der Waals surface area (Å²) in [6.45, 7) is 6.70. The lowest BCUT2D eigenvalue weighted by Crippen LogP contribution is -2.48. The van der Waals surface area contributed by atoms with Crippen LogP contribution in [0.1, 0.15) is 13.8 Å². The van der Waals surface area contributed by atoms with Gasteiger partial charge in [0.1, 0.15) is 5.70 Å². The van der Waals surface area contributed by atoms with Crippen LogP contribution in [0.4, 0.5) is 13.2 Å². The molecule has 2 heterocycles. The van der Waals surface area contributed by atoms with Crippen molar-refractivity contribution >= 4 is 5.97 Å². The zero-order chi connectivity index (χ0) is 15.7. The molecule has 0 aromatic heterocycles. The Labute approximate surface area is 120 Å². The van der Waals surface area contributed by atoms with E-state index in [9.17, 15) is 18.0 Å². The number of alkyl halides is 3. The Morgan fingerprint density at radius 2 is 2.24 bits per heavy atom. The lowest BCUT2D eigenvalue weighted by molar-refractivity contribution is -0.209. The second kappa shape index (κ2) is 5.63. The van der Waals surface area contributed by atoms with E-state index in [0.29, 0.717) is 12.5 Å². The number of ether oxygens (including phenoxy) is 1. The quantitative estimate of drug-likeness (QED) is 0.785. The van der Waals surface area contributed by atoms with Gasteiger partial charge in [0.05, 0.1) is 6.20 Å². The van der Waals surface area contributed by atoms with E-state index in [-0.39, 0.29) is 5.70 Å². The molecule has 2 aliphatic heterocycles. The third-order valence-corrected chi connectivity index (χ3v) is 3.34. The maximum absolute atomic E-state index is 12.3. The fourth-order valence-corrected chi connectivity index (χ4v) is 2.25. The molecule has 1 atom stereocenters. The zero-order valence-electron chi connectivity index (χ0n) is 11.8. The van der Waals surface area contributed by atoms with Gasteiger partial charge in [-0.1, -0.05) is 6.92 Å². The second-order valence-corrected chi connectivity index (χ2v) is 5.42. The highest BCUT2D eigenvalue weighted by atomic mass is 19.4. The average Bonchev–Trinajstić information content (AvgIpc) is 2.67. The molecule has 0 spiro atoms. The Bertz CT molecular complexity index is 472. The minimum atomic E-state index is -5.06. The van der Waals surface area contributed by atoms with Crippen molar-refractivity contribution in [2.75, 3.05) is 26.2 Å². The fourth-order valence-electron chi connectivity index (χ4n) is 2.25. The van der Waals surface area contributed by atoms with Gasteiger partial charge in [-0.25, -0.2) is 4.79 Å². The molecule has 2 aliphatic rings. The minimum absolute atomic E-state index is 0.244. The molecular formula is C12H17F3N4O2. The van der Waals surface area contributed by atoms with Crippen molar-refractivity contribution in [2.45, 2.75) is 25.7 Å². The first-order chi connectivity index (χ1) is 9.71. The molecule has 1 saturated heterocycles. The lowest BCUT2D eigenvalue weighted by Gasteiger charge is -2.37. The highest BCUT2D eigenvalue weighted by molar-refractivity contribution is 5.76. The van der Waals surface area contributed by atoms with Crippen LogP contribution < -0.4 is 5.32 Å². The van der Waals surface area contributed by atoms with E-state index in [1.807, 2.05) is 0 Å². The number of hydrogen-bond donors (Lipinski definition) is 1. The number of carbonyl (C=O) groups is 1. The molecule has 1 unspecified atom stereocenters. The topological polar surface area (TPSA) is 66.3 Å². The van der Waals surface area contributed by atoms with E-state index in [4.69, 9.17) is 0 Å². The monoisotopic (exact) mass is 306 g/mol. The normalized spacial score (nSPS) is 26.4. The van der Waals surface area contributed by atoms with Crippen molar-refractivity contribution in [3.05, 3.63) is 11.9 Å². The molecule has 0 aromatic rings. The van der Waals surface area contributed by atoms with Crippen LogP contribution in [0.15, 0.2) is 22.1 Å². The number of carbonyl (C=O) groups excluding carboxylic acids is 1. The lowest BCUT2D eigenvalue weighted by atomic mass is 10.0. The summed E-state index contributed by atoms with van der Waals surface area (Å²) in [6, 6.07) is 0.